The molecule has 5 heteroatoms. The van der Waals surface area contributed by atoms with Gasteiger partial charge in [-0.05, 0) is 30.7 Å². The van der Waals surface area contributed by atoms with Crippen LogP contribution in [-0.4, -0.2) is 25.3 Å². The van der Waals surface area contributed by atoms with E-state index in [-0.39, 0.29) is 0 Å². The van der Waals surface area contributed by atoms with Crippen LogP contribution in [0.15, 0.2) is 47.4 Å². The summed E-state index contributed by atoms with van der Waals surface area (Å²) in [5.41, 5.74) is 0. The molecule has 0 aromatic heterocycles. The van der Waals surface area contributed by atoms with E-state index in [9.17, 15) is 13.7 Å². The molecule has 1 aliphatic heterocycles. The minimum atomic E-state index is -3.64. The molecule has 0 spiro atoms. The SMILES string of the molecule is N#CC1CCCCN1S(=O)(=O)c1cccc2ccccc12. The fourth-order valence-electron chi connectivity index (χ4n) is 2.87. The van der Waals surface area contributed by atoms with E-state index < -0.39 is 16.1 Å². The smallest absolute Gasteiger partial charge is 0.207 e. The lowest BCUT2D eigenvalue weighted by Gasteiger charge is -2.30. The topological polar surface area (TPSA) is 61.2 Å². The zero-order chi connectivity index (χ0) is 14.9. The largest absolute Gasteiger partial charge is 0.244 e. The highest BCUT2D eigenvalue weighted by molar-refractivity contribution is 7.89. The number of hydrogen-bond acceptors (Lipinski definition) is 3. The van der Waals surface area contributed by atoms with Gasteiger partial charge in [-0.15, -0.1) is 0 Å². The molecule has 0 aliphatic carbocycles. The molecule has 4 nitrogen and oxygen atoms in total. The Hall–Kier alpha value is -1.90. The number of fused-ring (bicyclic) bond motifs is 1. The Morgan fingerprint density at radius 3 is 2.67 bits per heavy atom. The Bertz CT molecular complexity index is 803. The molecule has 21 heavy (non-hydrogen) atoms. The molecule has 0 saturated carbocycles. The van der Waals surface area contributed by atoms with E-state index in [1.807, 2.05) is 30.3 Å². The van der Waals surface area contributed by atoms with Crippen LogP contribution < -0.4 is 0 Å². The average molecular weight is 300 g/mol. The maximum absolute atomic E-state index is 12.9. The zero-order valence-corrected chi connectivity index (χ0v) is 12.4. The standard InChI is InChI=1S/C16H16N2O2S/c17-12-14-8-3-4-11-18(14)21(19,20)16-10-5-7-13-6-1-2-9-15(13)16/h1-2,5-7,9-10,14H,3-4,8,11H2. The highest BCUT2D eigenvalue weighted by Gasteiger charge is 2.34. The number of sulfonamides is 1. The van der Waals surface area contributed by atoms with Crippen LogP contribution in [0.1, 0.15) is 19.3 Å². The van der Waals surface area contributed by atoms with E-state index >= 15 is 0 Å². The van der Waals surface area contributed by atoms with E-state index in [2.05, 4.69) is 6.07 Å². The summed E-state index contributed by atoms with van der Waals surface area (Å²) in [6, 6.07) is 14.3. The van der Waals surface area contributed by atoms with Crippen LogP contribution in [0.25, 0.3) is 10.8 Å². The lowest BCUT2D eigenvalue weighted by molar-refractivity contribution is 0.297. The predicted octanol–water partition coefficient (Wildman–Crippen LogP) is 2.91. The van der Waals surface area contributed by atoms with Crippen LogP contribution in [0.4, 0.5) is 0 Å². The van der Waals surface area contributed by atoms with Crippen molar-refractivity contribution in [3.8, 4) is 6.07 Å². The number of piperidine rings is 1. The first-order chi connectivity index (χ1) is 10.1. The molecular formula is C16H16N2O2S. The summed E-state index contributed by atoms with van der Waals surface area (Å²) in [5.74, 6) is 0. The molecule has 1 saturated heterocycles. The molecule has 2 aromatic carbocycles. The van der Waals surface area contributed by atoms with Crippen molar-refractivity contribution >= 4 is 20.8 Å². The highest BCUT2D eigenvalue weighted by atomic mass is 32.2. The van der Waals surface area contributed by atoms with Crippen molar-refractivity contribution in [1.29, 1.82) is 5.26 Å². The van der Waals surface area contributed by atoms with Crippen LogP contribution >= 0.6 is 0 Å². The van der Waals surface area contributed by atoms with Gasteiger partial charge in [0.1, 0.15) is 6.04 Å². The Labute approximate surface area is 124 Å². The van der Waals surface area contributed by atoms with Gasteiger partial charge >= 0.3 is 0 Å². The van der Waals surface area contributed by atoms with Crippen LogP contribution in [0.2, 0.25) is 0 Å². The summed E-state index contributed by atoms with van der Waals surface area (Å²) in [6.07, 6.45) is 2.32. The molecule has 1 heterocycles. The van der Waals surface area contributed by atoms with Gasteiger partial charge in [0, 0.05) is 11.9 Å². The second kappa shape index (κ2) is 5.47. The quantitative estimate of drug-likeness (QED) is 0.856. The zero-order valence-electron chi connectivity index (χ0n) is 11.6. The summed E-state index contributed by atoms with van der Waals surface area (Å²) in [6.45, 7) is 0.420. The van der Waals surface area contributed by atoms with Crippen LogP contribution in [0.5, 0.6) is 0 Å². The average Bonchev–Trinajstić information content (AvgIpc) is 2.54. The maximum Gasteiger partial charge on any atom is 0.244 e. The summed E-state index contributed by atoms with van der Waals surface area (Å²) >= 11 is 0. The Morgan fingerprint density at radius 2 is 1.86 bits per heavy atom. The third kappa shape index (κ3) is 2.41. The van der Waals surface area contributed by atoms with E-state index in [0.29, 0.717) is 23.2 Å². The Kier molecular flexibility index (Phi) is 3.66. The fraction of sp³-hybridized carbons (Fsp3) is 0.312. The molecule has 1 fully saturated rings. The van der Waals surface area contributed by atoms with Crippen molar-refractivity contribution in [2.24, 2.45) is 0 Å². The van der Waals surface area contributed by atoms with Crippen LogP contribution in [0.3, 0.4) is 0 Å². The van der Waals surface area contributed by atoms with E-state index in [0.717, 1.165) is 18.2 Å². The van der Waals surface area contributed by atoms with Crippen molar-refractivity contribution in [1.82, 2.24) is 4.31 Å². The van der Waals surface area contributed by atoms with Gasteiger partial charge in [-0.3, -0.25) is 0 Å². The second-order valence-electron chi connectivity index (χ2n) is 5.23. The van der Waals surface area contributed by atoms with Crippen molar-refractivity contribution in [3.05, 3.63) is 42.5 Å². The fourth-order valence-corrected chi connectivity index (χ4v) is 4.69. The van der Waals surface area contributed by atoms with E-state index in [1.165, 1.54) is 4.31 Å². The van der Waals surface area contributed by atoms with Crippen LogP contribution in [-0.2, 0) is 10.0 Å². The normalized spacial score (nSPS) is 20.2. The number of nitrogens with zero attached hydrogens (tertiary/aromatic N) is 2. The van der Waals surface area contributed by atoms with Gasteiger partial charge in [-0.1, -0.05) is 36.4 Å². The molecule has 3 rings (SSSR count). The van der Waals surface area contributed by atoms with Crippen molar-refractivity contribution in [2.45, 2.75) is 30.2 Å². The van der Waals surface area contributed by atoms with Gasteiger partial charge in [0.25, 0.3) is 0 Å². The van der Waals surface area contributed by atoms with Crippen molar-refractivity contribution in [2.75, 3.05) is 6.54 Å². The minimum absolute atomic E-state index is 0.294. The van der Waals surface area contributed by atoms with Crippen molar-refractivity contribution < 1.29 is 8.42 Å². The molecule has 2 aromatic rings. The third-order valence-corrected chi connectivity index (χ3v) is 5.91. The molecule has 1 unspecified atom stereocenters. The molecule has 0 radical (unpaired) electrons. The molecule has 0 N–H and O–H groups in total. The van der Waals surface area contributed by atoms with Gasteiger partial charge in [0.05, 0.1) is 11.0 Å². The first kappa shape index (κ1) is 14.1. The molecular weight excluding hydrogens is 284 g/mol. The summed E-state index contributed by atoms with van der Waals surface area (Å²) in [4.78, 5) is 0.294. The van der Waals surface area contributed by atoms with Gasteiger partial charge in [-0.25, -0.2) is 8.42 Å². The first-order valence-electron chi connectivity index (χ1n) is 7.04. The monoisotopic (exact) mass is 300 g/mol. The number of rotatable bonds is 2. The lowest BCUT2D eigenvalue weighted by Crippen LogP contribution is -2.42. The van der Waals surface area contributed by atoms with E-state index in [4.69, 9.17) is 0 Å². The Morgan fingerprint density at radius 1 is 1.10 bits per heavy atom. The summed E-state index contributed by atoms with van der Waals surface area (Å²) in [7, 11) is -3.64. The summed E-state index contributed by atoms with van der Waals surface area (Å²) < 4.78 is 27.3. The molecule has 0 bridgehead atoms. The van der Waals surface area contributed by atoms with Gasteiger partial charge in [0.15, 0.2) is 0 Å². The van der Waals surface area contributed by atoms with Gasteiger partial charge in [-0.2, -0.15) is 9.57 Å². The molecule has 1 atom stereocenters. The lowest BCUT2D eigenvalue weighted by atomic mass is 10.1. The summed E-state index contributed by atoms with van der Waals surface area (Å²) in [5, 5.41) is 10.8. The van der Waals surface area contributed by atoms with E-state index in [1.54, 1.807) is 12.1 Å². The van der Waals surface area contributed by atoms with Crippen LogP contribution in [0, 0.1) is 11.3 Å². The van der Waals surface area contributed by atoms with Crippen molar-refractivity contribution in [3.63, 3.8) is 0 Å². The molecule has 108 valence electrons. The molecule has 1 aliphatic rings. The van der Waals surface area contributed by atoms with Gasteiger partial charge < -0.3 is 0 Å². The minimum Gasteiger partial charge on any atom is -0.207 e. The molecule has 0 amide bonds. The highest BCUT2D eigenvalue weighted by Crippen LogP contribution is 2.29. The third-order valence-electron chi connectivity index (χ3n) is 3.94. The maximum atomic E-state index is 12.9. The second-order valence-corrected chi connectivity index (χ2v) is 7.09. The first-order valence-corrected chi connectivity index (χ1v) is 8.48. The number of hydrogen-bond donors (Lipinski definition) is 0. The predicted molar refractivity (Wildman–Crippen MR) is 81.1 cm³/mol. The Balaban J connectivity index is 2.14. The number of nitriles is 1. The number of benzene rings is 2. The van der Waals surface area contributed by atoms with Gasteiger partial charge in [0.2, 0.25) is 10.0 Å².